The Hall–Kier alpha value is -3.61. The Bertz CT molecular complexity index is 907. The molecule has 0 fully saturated rings. The van der Waals surface area contributed by atoms with Gasteiger partial charge in [0.05, 0.1) is 31.2 Å². The molecule has 7 nitrogen and oxygen atoms in total. The summed E-state index contributed by atoms with van der Waals surface area (Å²) in [5.41, 5.74) is 0.493. The fourth-order valence-electron chi connectivity index (χ4n) is 2.62. The van der Waals surface area contributed by atoms with Crippen LogP contribution < -0.4 is 0 Å². The summed E-state index contributed by atoms with van der Waals surface area (Å²) >= 11 is 0. The Morgan fingerprint density at radius 2 is 1.77 bits per heavy atom. The molecule has 0 aromatic carbocycles. The molecule has 0 bridgehead atoms. The van der Waals surface area contributed by atoms with Crippen LogP contribution in [0, 0.1) is 0 Å². The first-order valence-electron chi connectivity index (χ1n) is 8.08. The molecule has 130 valence electrons. The number of hydrogen-bond acceptors (Lipinski definition) is 5. The van der Waals surface area contributed by atoms with E-state index in [-0.39, 0.29) is 5.91 Å². The molecule has 0 spiro atoms. The highest BCUT2D eigenvalue weighted by Crippen LogP contribution is 2.15. The quantitative estimate of drug-likeness (QED) is 0.534. The van der Waals surface area contributed by atoms with Crippen molar-refractivity contribution in [2.75, 3.05) is 0 Å². The molecule has 0 saturated carbocycles. The van der Waals surface area contributed by atoms with Crippen molar-refractivity contribution >= 4 is 5.91 Å². The number of pyridine rings is 1. The van der Waals surface area contributed by atoms with Crippen molar-refractivity contribution in [2.45, 2.75) is 13.1 Å². The van der Waals surface area contributed by atoms with Crippen molar-refractivity contribution in [3.63, 3.8) is 0 Å². The van der Waals surface area contributed by atoms with Gasteiger partial charge in [-0.2, -0.15) is 0 Å². The topological polar surface area (TPSA) is 77.3 Å². The van der Waals surface area contributed by atoms with E-state index in [1.54, 1.807) is 71.2 Å². The smallest absolute Gasteiger partial charge is 0.256 e. The Labute approximate surface area is 149 Å². The van der Waals surface area contributed by atoms with E-state index in [1.165, 1.54) is 0 Å². The van der Waals surface area contributed by atoms with E-state index >= 15 is 0 Å². The zero-order chi connectivity index (χ0) is 17.8. The standard InChI is InChI=1S/C19H16N4O3/c24-19(15-5-6-18(21-11-15)22-8-7-20-14-22)23(12-16-3-1-9-25-16)13-17-4-2-10-26-17/h1-11,14H,12-13H2. The number of amides is 1. The van der Waals surface area contributed by atoms with Gasteiger partial charge in [-0.1, -0.05) is 0 Å². The van der Waals surface area contributed by atoms with Gasteiger partial charge in [0.25, 0.3) is 5.91 Å². The minimum atomic E-state index is -0.150. The molecule has 7 heteroatoms. The Kier molecular flexibility index (Phi) is 4.34. The Morgan fingerprint density at radius 3 is 2.27 bits per heavy atom. The lowest BCUT2D eigenvalue weighted by Gasteiger charge is -2.20. The van der Waals surface area contributed by atoms with Gasteiger partial charge in [0.15, 0.2) is 0 Å². The first-order valence-corrected chi connectivity index (χ1v) is 8.08. The molecular weight excluding hydrogens is 332 g/mol. The molecule has 4 rings (SSSR count). The van der Waals surface area contributed by atoms with E-state index in [1.807, 2.05) is 12.1 Å². The maximum absolute atomic E-state index is 13.0. The van der Waals surface area contributed by atoms with Gasteiger partial charge in [-0.15, -0.1) is 0 Å². The zero-order valence-electron chi connectivity index (χ0n) is 13.9. The van der Waals surface area contributed by atoms with E-state index in [9.17, 15) is 4.79 Å². The number of aromatic nitrogens is 3. The van der Waals surface area contributed by atoms with Gasteiger partial charge < -0.3 is 13.7 Å². The van der Waals surface area contributed by atoms with Crippen LogP contribution in [0.15, 0.2) is 82.7 Å². The molecule has 0 aliphatic rings. The summed E-state index contributed by atoms with van der Waals surface area (Å²) in [5, 5.41) is 0. The summed E-state index contributed by atoms with van der Waals surface area (Å²) < 4.78 is 12.5. The second-order valence-corrected chi connectivity index (χ2v) is 5.69. The molecular formula is C19H16N4O3. The zero-order valence-corrected chi connectivity index (χ0v) is 13.9. The normalized spacial score (nSPS) is 10.8. The van der Waals surface area contributed by atoms with Crippen LogP contribution in [-0.4, -0.2) is 25.3 Å². The van der Waals surface area contributed by atoms with Crippen LogP contribution in [0.4, 0.5) is 0 Å². The van der Waals surface area contributed by atoms with Crippen molar-refractivity contribution < 1.29 is 13.6 Å². The second-order valence-electron chi connectivity index (χ2n) is 5.69. The highest BCUT2D eigenvalue weighted by Gasteiger charge is 2.19. The highest BCUT2D eigenvalue weighted by molar-refractivity contribution is 5.93. The number of hydrogen-bond donors (Lipinski definition) is 0. The SMILES string of the molecule is O=C(c1ccc(-n2ccnc2)nc1)N(Cc1ccco1)Cc1ccco1. The number of furan rings is 2. The molecule has 0 atom stereocenters. The third kappa shape index (κ3) is 3.41. The largest absolute Gasteiger partial charge is 0.467 e. The predicted octanol–water partition coefficient (Wildman–Crippen LogP) is 3.30. The molecule has 26 heavy (non-hydrogen) atoms. The minimum absolute atomic E-state index is 0.150. The van der Waals surface area contributed by atoms with Crippen LogP contribution in [-0.2, 0) is 13.1 Å². The maximum Gasteiger partial charge on any atom is 0.256 e. The van der Waals surface area contributed by atoms with Gasteiger partial charge in [-0.3, -0.25) is 9.36 Å². The fourth-order valence-corrected chi connectivity index (χ4v) is 2.62. The number of carbonyl (C=O) groups is 1. The number of imidazole rings is 1. The lowest BCUT2D eigenvalue weighted by atomic mass is 10.2. The van der Waals surface area contributed by atoms with E-state index in [4.69, 9.17) is 8.83 Å². The van der Waals surface area contributed by atoms with E-state index in [2.05, 4.69) is 9.97 Å². The molecule has 0 N–H and O–H groups in total. The van der Waals surface area contributed by atoms with Gasteiger partial charge in [0.2, 0.25) is 0 Å². The average molecular weight is 348 g/mol. The number of rotatable bonds is 6. The van der Waals surface area contributed by atoms with Gasteiger partial charge in [-0.25, -0.2) is 9.97 Å². The summed E-state index contributed by atoms with van der Waals surface area (Å²) in [6.45, 7) is 0.686. The Morgan fingerprint density at radius 1 is 1.04 bits per heavy atom. The molecule has 0 saturated heterocycles. The third-order valence-electron chi connectivity index (χ3n) is 3.90. The van der Waals surface area contributed by atoms with Crippen molar-refractivity contribution in [2.24, 2.45) is 0 Å². The van der Waals surface area contributed by atoms with Crippen LogP contribution in [0.2, 0.25) is 0 Å². The average Bonchev–Trinajstić information content (AvgIpc) is 3.43. The molecule has 0 unspecified atom stereocenters. The Balaban J connectivity index is 1.56. The van der Waals surface area contributed by atoms with Crippen LogP contribution in [0.1, 0.15) is 21.9 Å². The monoisotopic (exact) mass is 348 g/mol. The summed E-state index contributed by atoms with van der Waals surface area (Å²) in [6.07, 6.45) is 9.87. The molecule has 1 amide bonds. The maximum atomic E-state index is 13.0. The number of nitrogens with zero attached hydrogens (tertiary/aromatic N) is 4. The van der Waals surface area contributed by atoms with Crippen LogP contribution in [0.5, 0.6) is 0 Å². The molecule has 4 aromatic heterocycles. The summed E-state index contributed by atoms with van der Waals surface area (Å²) in [7, 11) is 0. The number of carbonyl (C=O) groups excluding carboxylic acids is 1. The molecule has 0 radical (unpaired) electrons. The first kappa shape index (κ1) is 15.9. The van der Waals surface area contributed by atoms with Crippen LogP contribution in [0.25, 0.3) is 5.82 Å². The molecule has 4 heterocycles. The summed E-state index contributed by atoms with van der Waals surface area (Å²) in [4.78, 5) is 23.0. The highest BCUT2D eigenvalue weighted by atomic mass is 16.3. The van der Waals surface area contributed by atoms with Crippen LogP contribution in [0.3, 0.4) is 0 Å². The summed E-state index contributed by atoms with van der Waals surface area (Å²) in [6, 6.07) is 10.8. The van der Waals surface area contributed by atoms with E-state index in [0.717, 1.165) is 0 Å². The second kappa shape index (κ2) is 7.10. The minimum Gasteiger partial charge on any atom is -0.467 e. The molecule has 4 aromatic rings. The summed E-state index contributed by atoms with van der Waals surface area (Å²) in [5.74, 6) is 1.95. The van der Waals surface area contributed by atoms with Gasteiger partial charge in [0.1, 0.15) is 23.7 Å². The lowest BCUT2D eigenvalue weighted by molar-refractivity contribution is 0.0704. The van der Waals surface area contributed by atoms with Crippen molar-refractivity contribution in [1.82, 2.24) is 19.4 Å². The van der Waals surface area contributed by atoms with Gasteiger partial charge >= 0.3 is 0 Å². The first-order chi connectivity index (χ1) is 12.8. The van der Waals surface area contributed by atoms with E-state index in [0.29, 0.717) is 36.0 Å². The van der Waals surface area contributed by atoms with Gasteiger partial charge in [-0.05, 0) is 36.4 Å². The predicted molar refractivity (Wildman–Crippen MR) is 92.4 cm³/mol. The lowest BCUT2D eigenvalue weighted by Crippen LogP contribution is -2.30. The van der Waals surface area contributed by atoms with Crippen LogP contribution >= 0.6 is 0 Å². The van der Waals surface area contributed by atoms with Gasteiger partial charge in [0, 0.05) is 18.6 Å². The third-order valence-corrected chi connectivity index (χ3v) is 3.90. The van der Waals surface area contributed by atoms with E-state index < -0.39 is 0 Å². The molecule has 0 aliphatic heterocycles. The van der Waals surface area contributed by atoms with Crippen molar-refractivity contribution in [3.8, 4) is 5.82 Å². The van der Waals surface area contributed by atoms with Crippen molar-refractivity contribution in [3.05, 3.63) is 90.9 Å². The fraction of sp³-hybridized carbons (Fsp3) is 0.105. The van der Waals surface area contributed by atoms with Crippen molar-refractivity contribution in [1.29, 1.82) is 0 Å². The molecule has 0 aliphatic carbocycles.